The molecule has 0 aliphatic carbocycles. The first kappa shape index (κ1) is 26.6. The van der Waals surface area contributed by atoms with Gasteiger partial charge in [-0.3, -0.25) is 9.59 Å². The van der Waals surface area contributed by atoms with Crippen LogP contribution in [0.25, 0.3) is 0 Å². The number of ketones is 1. The van der Waals surface area contributed by atoms with Gasteiger partial charge in [0.1, 0.15) is 5.25 Å². The van der Waals surface area contributed by atoms with Crippen LogP contribution in [0.15, 0.2) is 112 Å². The Morgan fingerprint density at radius 1 is 0.757 bits per heavy atom. The molecular formula is C29H24BrN3O2S2. The van der Waals surface area contributed by atoms with Crippen molar-refractivity contribution < 1.29 is 9.59 Å². The third kappa shape index (κ3) is 7.76. The van der Waals surface area contributed by atoms with Gasteiger partial charge in [0.2, 0.25) is 5.91 Å². The minimum absolute atomic E-state index is 0.0147. The lowest BCUT2D eigenvalue weighted by molar-refractivity contribution is -0.115. The Kier molecular flexibility index (Phi) is 9.11. The van der Waals surface area contributed by atoms with Gasteiger partial charge in [0.15, 0.2) is 10.9 Å². The molecule has 4 rings (SSSR count). The van der Waals surface area contributed by atoms with Gasteiger partial charge in [-0.1, -0.05) is 52.3 Å². The van der Waals surface area contributed by atoms with E-state index in [0.29, 0.717) is 10.7 Å². The molecule has 8 heteroatoms. The monoisotopic (exact) mass is 589 g/mol. The fraction of sp³-hybridized carbons (Fsp3) is 0.0690. The fourth-order valence-electron chi connectivity index (χ4n) is 3.51. The van der Waals surface area contributed by atoms with Crippen molar-refractivity contribution in [1.29, 1.82) is 0 Å². The molecule has 37 heavy (non-hydrogen) atoms. The fourth-order valence-corrected chi connectivity index (χ4v) is 5.09. The standard InChI is InChI=1S/C29H24BrN3O2S2/c1-19(34)20-10-14-24(15-11-20)32-29(36)33-25-8-5-9-26(18-25)37-27(21-6-3-2-4-7-21)28(35)31-23-16-12-22(30)13-17-23/h2-18,27H,1H3,(H,31,35)(H2,32,33,36). The predicted molar refractivity (Wildman–Crippen MR) is 161 cm³/mol. The summed E-state index contributed by atoms with van der Waals surface area (Å²) in [6.07, 6.45) is 0. The lowest BCUT2D eigenvalue weighted by Gasteiger charge is -2.18. The number of carbonyl (C=O) groups excluding carboxylic acids is 2. The molecule has 0 spiro atoms. The smallest absolute Gasteiger partial charge is 0.242 e. The lowest BCUT2D eigenvalue weighted by Crippen LogP contribution is -2.19. The minimum Gasteiger partial charge on any atom is -0.332 e. The van der Waals surface area contributed by atoms with E-state index in [-0.39, 0.29) is 11.7 Å². The molecule has 0 aliphatic rings. The van der Waals surface area contributed by atoms with Crippen molar-refractivity contribution in [2.45, 2.75) is 17.1 Å². The maximum absolute atomic E-state index is 13.3. The van der Waals surface area contributed by atoms with Crippen molar-refractivity contribution in [3.63, 3.8) is 0 Å². The zero-order valence-electron chi connectivity index (χ0n) is 19.9. The zero-order valence-corrected chi connectivity index (χ0v) is 23.1. The molecular weight excluding hydrogens is 566 g/mol. The summed E-state index contributed by atoms with van der Waals surface area (Å²) in [5.41, 5.74) is 3.86. The maximum atomic E-state index is 13.3. The number of thiocarbonyl (C=S) groups is 1. The third-order valence-electron chi connectivity index (χ3n) is 5.35. The van der Waals surface area contributed by atoms with E-state index >= 15 is 0 Å². The molecule has 1 atom stereocenters. The van der Waals surface area contributed by atoms with Crippen LogP contribution < -0.4 is 16.0 Å². The third-order valence-corrected chi connectivity index (χ3v) is 7.33. The summed E-state index contributed by atoms with van der Waals surface area (Å²) in [7, 11) is 0. The molecule has 0 bridgehead atoms. The average Bonchev–Trinajstić information content (AvgIpc) is 2.89. The highest BCUT2D eigenvalue weighted by Gasteiger charge is 2.22. The largest absolute Gasteiger partial charge is 0.332 e. The van der Waals surface area contributed by atoms with Crippen molar-refractivity contribution in [2.24, 2.45) is 0 Å². The van der Waals surface area contributed by atoms with Gasteiger partial charge in [-0.15, -0.1) is 11.8 Å². The molecule has 0 saturated heterocycles. The molecule has 3 N–H and O–H groups in total. The molecule has 1 unspecified atom stereocenters. The van der Waals surface area contributed by atoms with Crippen LogP contribution in [0, 0.1) is 0 Å². The molecule has 4 aromatic carbocycles. The van der Waals surface area contributed by atoms with Gasteiger partial charge in [-0.2, -0.15) is 0 Å². The number of Topliss-reactive ketones (excluding diaryl/α,β-unsaturated/α-hetero) is 1. The molecule has 0 aliphatic heterocycles. The van der Waals surface area contributed by atoms with E-state index in [2.05, 4.69) is 31.9 Å². The Balaban J connectivity index is 1.46. The second-order valence-electron chi connectivity index (χ2n) is 8.15. The Labute approximate surface area is 234 Å². The van der Waals surface area contributed by atoms with Crippen LogP contribution in [0.2, 0.25) is 0 Å². The van der Waals surface area contributed by atoms with Crippen molar-refractivity contribution in [1.82, 2.24) is 0 Å². The predicted octanol–water partition coefficient (Wildman–Crippen LogP) is 7.93. The summed E-state index contributed by atoms with van der Waals surface area (Å²) in [5, 5.41) is 9.31. The number of hydrogen-bond acceptors (Lipinski definition) is 4. The highest BCUT2D eigenvalue weighted by Crippen LogP contribution is 2.37. The van der Waals surface area contributed by atoms with Crippen LogP contribution in [0.1, 0.15) is 28.1 Å². The number of halogens is 1. The molecule has 186 valence electrons. The van der Waals surface area contributed by atoms with E-state index in [1.807, 2.05) is 91.0 Å². The summed E-state index contributed by atoms with van der Waals surface area (Å²) >= 11 is 10.4. The summed E-state index contributed by atoms with van der Waals surface area (Å²) in [6, 6.07) is 32.1. The number of rotatable bonds is 8. The van der Waals surface area contributed by atoms with Gasteiger partial charge in [-0.05, 0) is 91.4 Å². The summed E-state index contributed by atoms with van der Waals surface area (Å²) in [5.74, 6) is -0.0935. The summed E-state index contributed by atoms with van der Waals surface area (Å²) in [4.78, 5) is 25.7. The number of amides is 1. The van der Waals surface area contributed by atoms with Gasteiger partial charge in [0.25, 0.3) is 0 Å². The normalized spacial score (nSPS) is 11.3. The lowest BCUT2D eigenvalue weighted by atomic mass is 10.1. The highest BCUT2D eigenvalue weighted by atomic mass is 79.9. The van der Waals surface area contributed by atoms with Gasteiger partial charge in [0.05, 0.1) is 0 Å². The van der Waals surface area contributed by atoms with Crippen molar-refractivity contribution in [3.05, 3.63) is 119 Å². The maximum Gasteiger partial charge on any atom is 0.242 e. The Bertz CT molecular complexity index is 1400. The van der Waals surface area contributed by atoms with Crippen LogP contribution in [0.4, 0.5) is 17.1 Å². The van der Waals surface area contributed by atoms with E-state index < -0.39 is 5.25 Å². The van der Waals surface area contributed by atoms with E-state index in [9.17, 15) is 9.59 Å². The quantitative estimate of drug-likeness (QED) is 0.110. The van der Waals surface area contributed by atoms with Gasteiger partial charge >= 0.3 is 0 Å². The van der Waals surface area contributed by atoms with Crippen LogP contribution >= 0.6 is 39.9 Å². The number of thioether (sulfide) groups is 1. The first-order valence-corrected chi connectivity index (χ1v) is 13.5. The van der Waals surface area contributed by atoms with Crippen molar-refractivity contribution >= 4 is 73.8 Å². The number of benzene rings is 4. The van der Waals surface area contributed by atoms with Crippen molar-refractivity contribution in [2.75, 3.05) is 16.0 Å². The highest BCUT2D eigenvalue weighted by molar-refractivity contribution is 9.10. The second kappa shape index (κ2) is 12.7. The number of hydrogen-bond donors (Lipinski definition) is 3. The molecule has 4 aromatic rings. The van der Waals surface area contributed by atoms with E-state index in [1.54, 1.807) is 12.1 Å². The molecule has 0 radical (unpaired) electrons. The molecule has 0 fully saturated rings. The van der Waals surface area contributed by atoms with E-state index in [4.69, 9.17) is 12.2 Å². The zero-order chi connectivity index (χ0) is 26.2. The number of anilines is 3. The molecule has 5 nitrogen and oxygen atoms in total. The van der Waals surface area contributed by atoms with E-state index in [1.165, 1.54) is 18.7 Å². The first-order valence-electron chi connectivity index (χ1n) is 11.4. The summed E-state index contributed by atoms with van der Waals surface area (Å²) < 4.78 is 0.948. The second-order valence-corrected chi connectivity index (χ2v) is 10.6. The van der Waals surface area contributed by atoms with Gasteiger partial charge in [0, 0.05) is 32.0 Å². The van der Waals surface area contributed by atoms with Crippen LogP contribution in [0.5, 0.6) is 0 Å². The SMILES string of the molecule is CC(=O)c1ccc(NC(=S)Nc2cccc(SC(C(=O)Nc3ccc(Br)cc3)c3ccccc3)c2)cc1. The van der Waals surface area contributed by atoms with Gasteiger partial charge in [-0.25, -0.2) is 0 Å². The van der Waals surface area contributed by atoms with E-state index in [0.717, 1.165) is 32.0 Å². The number of nitrogens with one attached hydrogen (secondary N) is 3. The molecule has 0 heterocycles. The average molecular weight is 591 g/mol. The topological polar surface area (TPSA) is 70.2 Å². The van der Waals surface area contributed by atoms with Crippen LogP contribution in [-0.4, -0.2) is 16.8 Å². The Morgan fingerprint density at radius 3 is 2.05 bits per heavy atom. The Morgan fingerprint density at radius 2 is 1.38 bits per heavy atom. The summed E-state index contributed by atoms with van der Waals surface area (Å²) in [6.45, 7) is 1.53. The Hall–Kier alpha value is -3.46. The van der Waals surface area contributed by atoms with Crippen LogP contribution in [-0.2, 0) is 4.79 Å². The molecule has 0 saturated carbocycles. The van der Waals surface area contributed by atoms with Gasteiger partial charge < -0.3 is 16.0 Å². The number of carbonyl (C=O) groups is 2. The van der Waals surface area contributed by atoms with Crippen molar-refractivity contribution in [3.8, 4) is 0 Å². The first-order chi connectivity index (χ1) is 17.9. The minimum atomic E-state index is -0.454. The molecule has 0 aromatic heterocycles. The van der Waals surface area contributed by atoms with Crippen LogP contribution in [0.3, 0.4) is 0 Å². The molecule has 1 amide bonds.